The van der Waals surface area contributed by atoms with Crippen LogP contribution in [0.1, 0.15) is 97.5 Å². The first-order valence-electron chi connectivity index (χ1n) is 13.8. The summed E-state index contributed by atoms with van der Waals surface area (Å²) in [5.41, 5.74) is 2.34. The molecule has 0 aromatic heterocycles. The highest BCUT2D eigenvalue weighted by Crippen LogP contribution is 2.67. The van der Waals surface area contributed by atoms with Crippen molar-refractivity contribution in [3.05, 3.63) is 35.9 Å². The lowest BCUT2D eigenvalue weighted by molar-refractivity contribution is -0.136. The molecule has 4 fully saturated rings. The second-order valence-corrected chi connectivity index (χ2v) is 11.7. The molecular formula is C30H48O2. The number of benzene rings is 1. The topological polar surface area (TPSA) is 29.5 Å². The van der Waals surface area contributed by atoms with Crippen LogP contribution in [0.5, 0.6) is 0 Å². The smallest absolute Gasteiger partial charge is 0.0720 e. The molecule has 4 aliphatic rings. The molecule has 4 unspecified atom stereocenters. The maximum atomic E-state index is 9.59. The van der Waals surface area contributed by atoms with E-state index in [0.717, 1.165) is 42.6 Å². The number of hydrogen-bond acceptors (Lipinski definition) is 2. The van der Waals surface area contributed by atoms with Crippen molar-refractivity contribution < 1.29 is 9.84 Å². The zero-order chi connectivity index (χ0) is 22.8. The Balaban J connectivity index is 0.00000119. The molecule has 180 valence electrons. The van der Waals surface area contributed by atoms with E-state index in [1.165, 1.54) is 63.4 Å². The van der Waals surface area contributed by atoms with Gasteiger partial charge in [0.15, 0.2) is 0 Å². The molecule has 1 N–H and O–H groups in total. The fraction of sp³-hybridized carbons (Fsp3) is 0.800. The highest BCUT2D eigenvalue weighted by Gasteiger charge is 2.59. The Hall–Kier alpha value is -0.860. The van der Waals surface area contributed by atoms with Crippen LogP contribution in [0.4, 0.5) is 0 Å². The zero-order valence-corrected chi connectivity index (χ0v) is 21.2. The predicted octanol–water partition coefficient (Wildman–Crippen LogP) is 7.64. The first-order chi connectivity index (χ1) is 15.5. The Labute approximate surface area is 197 Å². The van der Waals surface area contributed by atoms with E-state index >= 15 is 0 Å². The van der Waals surface area contributed by atoms with E-state index in [0.29, 0.717) is 23.5 Å². The third kappa shape index (κ3) is 4.31. The molecule has 8 atom stereocenters. The Morgan fingerprint density at radius 1 is 0.875 bits per heavy atom. The molecule has 0 spiro atoms. The van der Waals surface area contributed by atoms with Crippen molar-refractivity contribution in [1.82, 2.24) is 0 Å². The SMILES string of the molecule is CC.C[C@]12CCC3[C@@H](CC[C@@H]4CC(OCc5ccccc5)CC[C@]34C)C1CCC2CCO. The fourth-order valence-electron chi connectivity index (χ4n) is 8.90. The van der Waals surface area contributed by atoms with Gasteiger partial charge in [-0.1, -0.05) is 58.0 Å². The number of rotatable bonds is 5. The van der Waals surface area contributed by atoms with Crippen LogP contribution in [0.2, 0.25) is 0 Å². The van der Waals surface area contributed by atoms with E-state index in [1.807, 2.05) is 13.8 Å². The van der Waals surface area contributed by atoms with Crippen LogP contribution in [0.3, 0.4) is 0 Å². The maximum absolute atomic E-state index is 9.59. The molecule has 0 saturated heterocycles. The Morgan fingerprint density at radius 3 is 2.34 bits per heavy atom. The summed E-state index contributed by atoms with van der Waals surface area (Å²) in [6.45, 7) is 10.4. The van der Waals surface area contributed by atoms with E-state index in [2.05, 4.69) is 44.2 Å². The summed E-state index contributed by atoms with van der Waals surface area (Å²) in [4.78, 5) is 0. The van der Waals surface area contributed by atoms with Crippen molar-refractivity contribution in [2.75, 3.05) is 6.61 Å². The predicted molar refractivity (Wildman–Crippen MR) is 133 cm³/mol. The molecule has 0 heterocycles. The number of fused-ring (bicyclic) bond motifs is 5. The monoisotopic (exact) mass is 440 g/mol. The highest BCUT2D eigenvalue weighted by atomic mass is 16.5. The molecular weight excluding hydrogens is 392 g/mol. The van der Waals surface area contributed by atoms with Crippen molar-refractivity contribution >= 4 is 0 Å². The Morgan fingerprint density at radius 2 is 1.59 bits per heavy atom. The van der Waals surface area contributed by atoms with Crippen molar-refractivity contribution in [1.29, 1.82) is 0 Å². The molecule has 5 rings (SSSR count). The quantitative estimate of drug-likeness (QED) is 0.510. The second-order valence-electron chi connectivity index (χ2n) is 11.7. The molecule has 4 saturated carbocycles. The Kier molecular flexibility index (Phi) is 7.72. The van der Waals surface area contributed by atoms with E-state index in [-0.39, 0.29) is 0 Å². The van der Waals surface area contributed by atoms with Crippen LogP contribution in [0, 0.1) is 40.4 Å². The second kappa shape index (κ2) is 10.2. The first-order valence-corrected chi connectivity index (χ1v) is 13.8. The van der Waals surface area contributed by atoms with Crippen LogP contribution in [0.25, 0.3) is 0 Å². The summed E-state index contributed by atoms with van der Waals surface area (Å²) in [5, 5.41) is 9.59. The highest BCUT2D eigenvalue weighted by molar-refractivity contribution is 5.14. The number of hydrogen-bond donors (Lipinski definition) is 1. The van der Waals surface area contributed by atoms with Gasteiger partial charge in [0.25, 0.3) is 0 Å². The normalized spacial score (nSPS) is 42.8. The first kappa shape index (κ1) is 24.3. The molecule has 4 aliphatic carbocycles. The lowest BCUT2D eigenvalue weighted by Gasteiger charge is -2.61. The lowest BCUT2D eigenvalue weighted by atomic mass is 9.44. The minimum atomic E-state index is 0.380. The molecule has 32 heavy (non-hydrogen) atoms. The lowest BCUT2D eigenvalue weighted by Crippen LogP contribution is -2.54. The number of ether oxygens (including phenoxy) is 1. The summed E-state index contributed by atoms with van der Waals surface area (Å²) >= 11 is 0. The summed E-state index contributed by atoms with van der Waals surface area (Å²) < 4.78 is 6.40. The van der Waals surface area contributed by atoms with E-state index < -0.39 is 0 Å². The van der Waals surface area contributed by atoms with Gasteiger partial charge in [-0.05, 0) is 110 Å². The van der Waals surface area contributed by atoms with Gasteiger partial charge in [-0.2, -0.15) is 0 Å². The number of aliphatic hydroxyl groups is 1. The average Bonchev–Trinajstić information content (AvgIpc) is 3.16. The molecule has 0 radical (unpaired) electrons. The molecule has 0 bridgehead atoms. The summed E-state index contributed by atoms with van der Waals surface area (Å²) in [6, 6.07) is 10.7. The van der Waals surface area contributed by atoms with Crippen LogP contribution in [-0.2, 0) is 11.3 Å². The molecule has 0 amide bonds. The largest absolute Gasteiger partial charge is 0.396 e. The van der Waals surface area contributed by atoms with Gasteiger partial charge in [0.05, 0.1) is 12.7 Å². The van der Waals surface area contributed by atoms with Crippen molar-refractivity contribution in [2.45, 2.75) is 105 Å². The van der Waals surface area contributed by atoms with Gasteiger partial charge in [0.2, 0.25) is 0 Å². The van der Waals surface area contributed by atoms with Gasteiger partial charge in [-0.15, -0.1) is 0 Å². The van der Waals surface area contributed by atoms with E-state index in [1.54, 1.807) is 0 Å². The maximum Gasteiger partial charge on any atom is 0.0720 e. The zero-order valence-electron chi connectivity index (χ0n) is 21.2. The standard InChI is InChI=1S/C28H42O2.C2H6/c1-27-16-13-26-24(25(27)11-9-21(27)14-17-29)10-8-22-18-23(12-15-28(22,26)2)30-19-20-6-4-3-5-7-20;1-2/h3-7,21-26,29H,8-19H2,1-2H3;1-2H3/t21?,22-,23?,24+,25?,26?,27-,28+;/m1./s1. The minimum Gasteiger partial charge on any atom is -0.396 e. The Bertz CT molecular complexity index is 717. The molecule has 0 aliphatic heterocycles. The third-order valence-corrected chi connectivity index (χ3v) is 10.6. The van der Waals surface area contributed by atoms with Crippen LogP contribution in [0.15, 0.2) is 30.3 Å². The molecule has 2 nitrogen and oxygen atoms in total. The van der Waals surface area contributed by atoms with Gasteiger partial charge in [-0.3, -0.25) is 0 Å². The minimum absolute atomic E-state index is 0.380. The summed E-state index contributed by atoms with van der Waals surface area (Å²) in [6.07, 6.45) is 13.9. The van der Waals surface area contributed by atoms with Crippen molar-refractivity contribution in [2.24, 2.45) is 40.4 Å². The van der Waals surface area contributed by atoms with Crippen LogP contribution < -0.4 is 0 Å². The average molecular weight is 441 g/mol. The van der Waals surface area contributed by atoms with Gasteiger partial charge >= 0.3 is 0 Å². The van der Waals surface area contributed by atoms with Crippen LogP contribution >= 0.6 is 0 Å². The van der Waals surface area contributed by atoms with Crippen molar-refractivity contribution in [3.63, 3.8) is 0 Å². The third-order valence-electron chi connectivity index (χ3n) is 10.6. The summed E-state index contributed by atoms with van der Waals surface area (Å²) in [5.74, 6) is 4.40. The molecule has 1 aromatic rings. The van der Waals surface area contributed by atoms with Crippen LogP contribution in [-0.4, -0.2) is 17.8 Å². The van der Waals surface area contributed by atoms with E-state index in [9.17, 15) is 5.11 Å². The van der Waals surface area contributed by atoms with Gasteiger partial charge in [0.1, 0.15) is 0 Å². The molecule has 1 aromatic carbocycles. The van der Waals surface area contributed by atoms with E-state index in [4.69, 9.17) is 4.74 Å². The van der Waals surface area contributed by atoms with Gasteiger partial charge in [-0.25, -0.2) is 0 Å². The fourth-order valence-corrected chi connectivity index (χ4v) is 8.90. The van der Waals surface area contributed by atoms with Crippen molar-refractivity contribution in [3.8, 4) is 0 Å². The number of aliphatic hydroxyl groups excluding tert-OH is 1. The molecule has 2 heteroatoms. The summed E-state index contributed by atoms with van der Waals surface area (Å²) in [7, 11) is 0. The van der Waals surface area contributed by atoms with Gasteiger partial charge < -0.3 is 9.84 Å². The van der Waals surface area contributed by atoms with Gasteiger partial charge in [0, 0.05) is 6.61 Å².